The lowest BCUT2D eigenvalue weighted by Crippen LogP contribution is -2.28. The van der Waals surface area contributed by atoms with E-state index < -0.39 is 5.41 Å². The Labute approximate surface area is 365 Å². The fourth-order valence-corrected chi connectivity index (χ4v) is 9.54. The summed E-state index contributed by atoms with van der Waals surface area (Å²) < 4.78 is 14.0. The maximum Gasteiger partial charge on any atom is 0.177 e. The minimum Gasteiger partial charge on any atom is -0.449 e. The Balaban J connectivity index is 1.00. The molecule has 0 fully saturated rings. The SMILES string of the molecule is c1ccc(-c2nc(-c3ccccc3-c3ccccc3)nc(-c3ccccc3-c3cccc4c3Oc3cc5c(cc3O4)C(c3ccccc3)(c3ccccc3)c3ccccc3-5)n2)cc1. The van der Waals surface area contributed by atoms with Gasteiger partial charge in [0.25, 0.3) is 0 Å². The van der Waals surface area contributed by atoms with Gasteiger partial charge in [-0.2, -0.15) is 0 Å². The van der Waals surface area contributed by atoms with Crippen LogP contribution in [-0.2, 0) is 5.41 Å². The Bertz CT molecular complexity index is 3300. The second-order valence-electron chi connectivity index (χ2n) is 15.8. The summed E-state index contributed by atoms with van der Waals surface area (Å²) in [4.78, 5) is 15.5. The molecule has 9 aromatic carbocycles. The molecule has 2 aliphatic rings. The number of aromatic nitrogens is 3. The fourth-order valence-electron chi connectivity index (χ4n) is 9.54. The van der Waals surface area contributed by atoms with Gasteiger partial charge in [-0.25, -0.2) is 15.0 Å². The first-order valence-electron chi connectivity index (χ1n) is 21.2. The smallest absolute Gasteiger partial charge is 0.177 e. The summed E-state index contributed by atoms with van der Waals surface area (Å²) >= 11 is 0. The molecule has 0 spiro atoms. The van der Waals surface area contributed by atoms with E-state index in [1.165, 1.54) is 22.3 Å². The van der Waals surface area contributed by atoms with Crippen LogP contribution in [0.15, 0.2) is 224 Å². The third kappa shape index (κ3) is 5.97. The highest BCUT2D eigenvalue weighted by molar-refractivity contribution is 5.91. The molecule has 5 heteroatoms. The van der Waals surface area contributed by atoms with E-state index in [-0.39, 0.29) is 0 Å². The first-order chi connectivity index (χ1) is 31.2. The van der Waals surface area contributed by atoms with Gasteiger partial charge in [-0.05, 0) is 68.3 Å². The number of nitrogens with zero attached hydrogens (tertiary/aromatic N) is 3. The molecule has 2 heterocycles. The molecule has 5 nitrogen and oxygen atoms in total. The monoisotopic (exact) mass is 807 g/mol. The van der Waals surface area contributed by atoms with Gasteiger partial charge in [-0.15, -0.1) is 0 Å². The van der Waals surface area contributed by atoms with Crippen molar-refractivity contribution in [1.82, 2.24) is 15.0 Å². The van der Waals surface area contributed by atoms with Crippen molar-refractivity contribution >= 4 is 0 Å². The summed E-state index contributed by atoms with van der Waals surface area (Å²) in [6.45, 7) is 0. The van der Waals surface area contributed by atoms with Crippen LogP contribution in [0.5, 0.6) is 23.0 Å². The zero-order valence-electron chi connectivity index (χ0n) is 34.0. The number of para-hydroxylation sites is 1. The Morgan fingerprint density at radius 2 is 0.762 bits per heavy atom. The molecule has 0 amide bonds. The van der Waals surface area contributed by atoms with Crippen LogP contribution in [0.4, 0.5) is 0 Å². The van der Waals surface area contributed by atoms with Crippen LogP contribution in [0, 0.1) is 0 Å². The average molecular weight is 808 g/mol. The molecule has 0 bridgehead atoms. The van der Waals surface area contributed by atoms with E-state index >= 15 is 0 Å². The second-order valence-corrected chi connectivity index (χ2v) is 15.8. The van der Waals surface area contributed by atoms with Crippen molar-refractivity contribution in [2.24, 2.45) is 0 Å². The fraction of sp³-hybridized carbons (Fsp3) is 0.0172. The number of fused-ring (bicyclic) bond motifs is 5. The molecule has 1 aliphatic heterocycles. The van der Waals surface area contributed by atoms with Crippen LogP contribution in [0.3, 0.4) is 0 Å². The normalized spacial score (nSPS) is 12.8. The van der Waals surface area contributed by atoms with Gasteiger partial charge in [0, 0.05) is 22.3 Å². The third-order valence-electron chi connectivity index (χ3n) is 12.3. The minimum absolute atomic E-state index is 0.555. The van der Waals surface area contributed by atoms with E-state index in [2.05, 4.69) is 158 Å². The van der Waals surface area contributed by atoms with Crippen molar-refractivity contribution in [3.05, 3.63) is 247 Å². The van der Waals surface area contributed by atoms with Gasteiger partial charge in [0.2, 0.25) is 0 Å². The Morgan fingerprint density at radius 1 is 0.286 bits per heavy atom. The summed E-state index contributed by atoms with van der Waals surface area (Å²) in [6, 6.07) is 77.7. The van der Waals surface area contributed by atoms with E-state index in [1.807, 2.05) is 66.7 Å². The van der Waals surface area contributed by atoms with Crippen LogP contribution < -0.4 is 9.47 Å². The Morgan fingerprint density at radius 3 is 1.41 bits per heavy atom. The lowest BCUT2D eigenvalue weighted by atomic mass is 9.67. The highest BCUT2D eigenvalue weighted by atomic mass is 16.6. The van der Waals surface area contributed by atoms with Gasteiger partial charge < -0.3 is 9.47 Å². The lowest BCUT2D eigenvalue weighted by Gasteiger charge is -2.34. The van der Waals surface area contributed by atoms with E-state index in [4.69, 9.17) is 24.4 Å². The zero-order valence-corrected chi connectivity index (χ0v) is 34.0. The van der Waals surface area contributed by atoms with Gasteiger partial charge >= 0.3 is 0 Å². The van der Waals surface area contributed by atoms with Crippen molar-refractivity contribution < 1.29 is 9.47 Å². The first-order valence-corrected chi connectivity index (χ1v) is 21.2. The molecule has 0 saturated carbocycles. The molecule has 12 rings (SSSR count). The first kappa shape index (κ1) is 36.4. The molecule has 0 saturated heterocycles. The maximum absolute atomic E-state index is 7.05. The van der Waals surface area contributed by atoms with E-state index in [1.54, 1.807) is 0 Å². The maximum atomic E-state index is 7.05. The molecule has 10 aromatic rings. The van der Waals surface area contributed by atoms with Crippen molar-refractivity contribution in [3.63, 3.8) is 0 Å². The lowest BCUT2D eigenvalue weighted by molar-refractivity contribution is 0.360. The zero-order chi connectivity index (χ0) is 41.7. The van der Waals surface area contributed by atoms with Crippen molar-refractivity contribution in [2.45, 2.75) is 5.41 Å². The van der Waals surface area contributed by atoms with Gasteiger partial charge in [0.15, 0.2) is 40.5 Å². The van der Waals surface area contributed by atoms with Crippen LogP contribution in [0.1, 0.15) is 22.3 Å². The molecule has 0 atom stereocenters. The standard InChI is InChI=1S/C58H37N3O2/c1-5-20-38(21-6-1)42-28-13-15-31-46(42)56-59-55(39-22-7-2-8-23-39)60-57(61-56)47-32-16-14-29-43(47)45-33-19-35-51-54(45)63-52-36-48-44-30-17-18-34-49(44)58(40-24-9-3-10-25-40,41-26-11-4-12-27-41)50(48)37-53(52)62-51/h1-37H. The van der Waals surface area contributed by atoms with Crippen LogP contribution in [-0.4, -0.2) is 15.0 Å². The molecule has 0 N–H and O–H groups in total. The number of benzene rings is 9. The number of rotatable bonds is 7. The predicted molar refractivity (Wildman–Crippen MR) is 251 cm³/mol. The largest absolute Gasteiger partial charge is 0.449 e. The van der Waals surface area contributed by atoms with Gasteiger partial charge in [-0.3, -0.25) is 0 Å². The summed E-state index contributed by atoms with van der Waals surface area (Å²) in [5.41, 5.74) is 13.1. The highest BCUT2D eigenvalue weighted by Crippen LogP contribution is 2.60. The minimum atomic E-state index is -0.558. The summed E-state index contributed by atoms with van der Waals surface area (Å²) in [7, 11) is 0. The van der Waals surface area contributed by atoms with Crippen LogP contribution in [0.2, 0.25) is 0 Å². The van der Waals surface area contributed by atoms with E-state index in [0.29, 0.717) is 40.5 Å². The van der Waals surface area contributed by atoms with Gasteiger partial charge in [0.05, 0.1) is 5.41 Å². The summed E-state index contributed by atoms with van der Waals surface area (Å²) in [5, 5.41) is 0. The predicted octanol–water partition coefficient (Wildman–Crippen LogP) is 14.5. The summed E-state index contributed by atoms with van der Waals surface area (Å²) in [6.07, 6.45) is 0. The topological polar surface area (TPSA) is 57.1 Å². The second kappa shape index (κ2) is 14.9. The average Bonchev–Trinajstić information content (AvgIpc) is 3.65. The quantitative estimate of drug-likeness (QED) is 0.161. The third-order valence-corrected chi connectivity index (χ3v) is 12.3. The van der Waals surface area contributed by atoms with Gasteiger partial charge in [0.1, 0.15) is 0 Å². The van der Waals surface area contributed by atoms with E-state index in [9.17, 15) is 0 Å². The number of hydrogen-bond acceptors (Lipinski definition) is 5. The van der Waals surface area contributed by atoms with Crippen LogP contribution in [0.25, 0.3) is 67.5 Å². The molecular weight excluding hydrogens is 771 g/mol. The van der Waals surface area contributed by atoms with Gasteiger partial charge in [-0.1, -0.05) is 206 Å². The number of ether oxygens (including phenoxy) is 2. The summed E-state index contributed by atoms with van der Waals surface area (Å²) in [5.74, 6) is 4.33. The molecule has 296 valence electrons. The van der Waals surface area contributed by atoms with Crippen LogP contribution >= 0.6 is 0 Å². The molecule has 0 unspecified atom stereocenters. The Hall–Kier alpha value is -8.41. The molecular formula is C58H37N3O2. The number of hydrogen-bond donors (Lipinski definition) is 0. The van der Waals surface area contributed by atoms with Crippen molar-refractivity contribution in [2.75, 3.05) is 0 Å². The van der Waals surface area contributed by atoms with E-state index in [0.717, 1.165) is 50.1 Å². The Kier molecular flexibility index (Phi) is 8.64. The molecule has 63 heavy (non-hydrogen) atoms. The molecule has 1 aromatic heterocycles. The highest BCUT2D eigenvalue weighted by Gasteiger charge is 2.47. The van der Waals surface area contributed by atoms with Crippen molar-refractivity contribution in [1.29, 1.82) is 0 Å². The molecule has 1 aliphatic carbocycles. The van der Waals surface area contributed by atoms with Crippen molar-refractivity contribution in [3.8, 4) is 90.5 Å². The molecule has 0 radical (unpaired) electrons.